The number of aliphatic hydroxyl groups is 1. The van der Waals surface area contributed by atoms with E-state index in [2.05, 4.69) is 38.2 Å². The number of aromatic nitrogens is 2. The summed E-state index contributed by atoms with van der Waals surface area (Å²) in [6.45, 7) is 5.19. The fourth-order valence-corrected chi connectivity index (χ4v) is 2.01. The molecule has 1 aromatic heterocycles. The van der Waals surface area contributed by atoms with Crippen LogP contribution in [0, 0.1) is 0 Å². The molecule has 3 N–H and O–H groups in total. The van der Waals surface area contributed by atoms with E-state index in [1.165, 1.54) is 5.56 Å². The van der Waals surface area contributed by atoms with Crippen molar-refractivity contribution in [2.75, 3.05) is 25.1 Å². The van der Waals surface area contributed by atoms with E-state index in [0.717, 1.165) is 18.7 Å². The molecule has 0 aliphatic rings. The number of ether oxygens (including phenoxy) is 1. The van der Waals surface area contributed by atoms with Gasteiger partial charge in [-0.1, -0.05) is 30.3 Å². The molecular weight excluding hydrogens is 389 g/mol. The Balaban J connectivity index is 0.00000338. The highest BCUT2D eigenvalue weighted by atomic mass is 35.5. The van der Waals surface area contributed by atoms with Crippen LogP contribution in [0.4, 0.5) is 5.82 Å². The third-order valence-corrected chi connectivity index (χ3v) is 3.27. The van der Waals surface area contributed by atoms with Crippen LogP contribution in [0.3, 0.4) is 0 Å². The van der Waals surface area contributed by atoms with Crippen LogP contribution >= 0.6 is 24.8 Å². The number of halogens is 2. The Morgan fingerprint density at radius 3 is 2.48 bits per heavy atom. The van der Waals surface area contributed by atoms with Gasteiger partial charge in [-0.25, -0.2) is 0 Å². The topological polar surface area (TPSA) is 91.7 Å². The van der Waals surface area contributed by atoms with Crippen LogP contribution in [-0.2, 0) is 6.42 Å². The molecule has 7 nitrogen and oxygen atoms in total. The van der Waals surface area contributed by atoms with Crippen LogP contribution < -0.4 is 15.5 Å². The van der Waals surface area contributed by atoms with Gasteiger partial charge in [0.25, 0.3) is 0 Å². The van der Waals surface area contributed by atoms with Crippen molar-refractivity contribution < 1.29 is 9.84 Å². The molecule has 0 spiro atoms. The Hall–Kier alpha value is -1.93. The van der Waals surface area contributed by atoms with Crippen molar-refractivity contribution in [2.24, 2.45) is 5.10 Å². The summed E-state index contributed by atoms with van der Waals surface area (Å²) in [5, 5.41) is 25.1. The maximum atomic E-state index is 9.94. The average molecular weight is 416 g/mol. The van der Waals surface area contributed by atoms with Crippen molar-refractivity contribution in [3.05, 3.63) is 48.0 Å². The summed E-state index contributed by atoms with van der Waals surface area (Å²) in [6, 6.07) is 13.6. The van der Waals surface area contributed by atoms with E-state index in [9.17, 15) is 5.11 Å². The minimum Gasteiger partial charge on any atom is -0.474 e. The number of hydrogen-bond acceptors (Lipinski definition) is 7. The second-order valence-corrected chi connectivity index (χ2v) is 5.83. The first-order valence-electron chi connectivity index (χ1n) is 8.29. The molecule has 2 aromatic rings. The van der Waals surface area contributed by atoms with E-state index in [4.69, 9.17) is 4.74 Å². The zero-order chi connectivity index (χ0) is 17.9. The molecular formula is C18H27Cl2N5O2. The van der Waals surface area contributed by atoms with Gasteiger partial charge < -0.3 is 15.2 Å². The fraction of sp³-hybridized carbons (Fsp3) is 0.389. The lowest BCUT2D eigenvalue weighted by molar-refractivity contribution is 0.103. The molecule has 1 unspecified atom stereocenters. The van der Waals surface area contributed by atoms with Crippen molar-refractivity contribution in [1.82, 2.24) is 15.5 Å². The zero-order valence-corrected chi connectivity index (χ0v) is 17.1. The molecule has 1 heterocycles. The Bertz CT molecular complexity index is 653. The van der Waals surface area contributed by atoms with Gasteiger partial charge in [-0.3, -0.25) is 5.43 Å². The van der Waals surface area contributed by atoms with Crippen molar-refractivity contribution in [1.29, 1.82) is 0 Å². The lowest BCUT2D eigenvalue weighted by Gasteiger charge is -2.12. The van der Waals surface area contributed by atoms with Crippen LogP contribution in [0.25, 0.3) is 0 Å². The molecule has 27 heavy (non-hydrogen) atoms. The second kappa shape index (κ2) is 14.2. The number of rotatable bonds is 10. The fourth-order valence-electron chi connectivity index (χ4n) is 2.01. The molecule has 2 rings (SSSR count). The minimum atomic E-state index is -0.609. The molecule has 0 bridgehead atoms. The predicted molar refractivity (Wildman–Crippen MR) is 113 cm³/mol. The lowest BCUT2D eigenvalue weighted by Crippen LogP contribution is -2.32. The highest BCUT2D eigenvalue weighted by Gasteiger charge is 2.06. The first kappa shape index (κ1) is 25.1. The second-order valence-electron chi connectivity index (χ2n) is 5.83. The molecule has 0 saturated heterocycles. The standard InChI is InChI=1S/C18H25N5O2.2ClH/c1-14(2)20-21-17-8-9-18(23-22-17)25-13-16(24)12-19-11-10-15-6-4-3-5-7-15;;/h3-9,16,19,24H,10-13H2,1-2H3,(H,21,22);2*1H. The van der Waals surface area contributed by atoms with Crippen LogP contribution in [0.2, 0.25) is 0 Å². The zero-order valence-electron chi connectivity index (χ0n) is 15.5. The van der Waals surface area contributed by atoms with E-state index in [1.807, 2.05) is 32.0 Å². The first-order chi connectivity index (χ1) is 12.1. The van der Waals surface area contributed by atoms with E-state index >= 15 is 0 Å². The SMILES string of the molecule is CC(C)=NNc1ccc(OCC(O)CNCCc2ccccc2)nn1.Cl.Cl. The van der Waals surface area contributed by atoms with Gasteiger partial charge in [-0.2, -0.15) is 5.10 Å². The molecule has 0 aliphatic carbocycles. The van der Waals surface area contributed by atoms with Crippen LogP contribution in [0.1, 0.15) is 19.4 Å². The number of nitrogens with one attached hydrogen (secondary N) is 2. The van der Waals surface area contributed by atoms with Crippen molar-refractivity contribution in [2.45, 2.75) is 26.4 Å². The summed E-state index contributed by atoms with van der Waals surface area (Å²) >= 11 is 0. The Kier molecular flexibility index (Phi) is 13.2. The molecule has 9 heteroatoms. The van der Waals surface area contributed by atoms with Crippen molar-refractivity contribution >= 4 is 36.3 Å². The summed E-state index contributed by atoms with van der Waals surface area (Å²) in [6.07, 6.45) is 0.316. The molecule has 0 fully saturated rings. The van der Waals surface area contributed by atoms with Crippen LogP contribution in [-0.4, -0.2) is 46.8 Å². The molecule has 1 atom stereocenters. The van der Waals surface area contributed by atoms with Gasteiger partial charge >= 0.3 is 0 Å². The first-order valence-corrected chi connectivity index (χ1v) is 8.29. The van der Waals surface area contributed by atoms with Crippen molar-refractivity contribution in [3.63, 3.8) is 0 Å². The molecule has 0 saturated carbocycles. The number of aliphatic hydroxyl groups excluding tert-OH is 1. The van der Waals surface area contributed by atoms with E-state index in [-0.39, 0.29) is 31.4 Å². The summed E-state index contributed by atoms with van der Waals surface area (Å²) in [4.78, 5) is 0. The summed E-state index contributed by atoms with van der Waals surface area (Å²) in [5.74, 6) is 0.905. The predicted octanol–water partition coefficient (Wildman–Crippen LogP) is 2.70. The number of anilines is 1. The maximum Gasteiger partial charge on any atom is 0.233 e. The van der Waals surface area contributed by atoms with Gasteiger partial charge in [0.2, 0.25) is 5.88 Å². The van der Waals surface area contributed by atoms with Crippen molar-refractivity contribution in [3.8, 4) is 5.88 Å². The molecule has 1 aromatic carbocycles. The molecule has 0 aliphatic heterocycles. The van der Waals surface area contributed by atoms with Crippen LogP contribution in [0.15, 0.2) is 47.6 Å². The van der Waals surface area contributed by atoms with Gasteiger partial charge in [0, 0.05) is 18.3 Å². The Morgan fingerprint density at radius 2 is 1.85 bits per heavy atom. The lowest BCUT2D eigenvalue weighted by atomic mass is 10.1. The monoisotopic (exact) mass is 415 g/mol. The van der Waals surface area contributed by atoms with Gasteiger partial charge in [0.15, 0.2) is 5.82 Å². The number of hydrogen-bond donors (Lipinski definition) is 3. The average Bonchev–Trinajstić information content (AvgIpc) is 2.63. The summed E-state index contributed by atoms with van der Waals surface area (Å²) < 4.78 is 5.44. The Morgan fingerprint density at radius 1 is 1.11 bits per heavy atom. The molecule has 0 amide bonds. The van der Waals surface area contributed by atoms with Gasteiger partial charge in [-0.15, -0.1) is 35.0 Å². The molecule has 150 valence electrons. The number of benzene rings is 1. The largest absolute Gasteiger partial charge is 0.474 e. The van der Waals surface area contributed by atoms with E-state index in [0.29, 0.717) is 18.2 Å². The quantitative estimate of drug-likeness (QED) is 0.313. The minimum absolute atomic E-state index is 0. The van der Waals surface area contributed by atoms with E-state index < -0.39 is 6.10 Å². The van der Waals surface area contributed by atoms with Gasteiger partial charge in [-0.05, 0) is 38.4 Å². The highest BCUT2D eigenvalue weighted by Crippen LogP contribution is 2.08. The van der Waals surface area contributed by atoms with Gasteiger partial charge in [0.1, 0.15) is 12.7 Å². The van der Waals surface area contributed by atoms with Crippen LogP contribution in [0.5, 0.6) is 5.88 Å². The number of nitrogens with zero attached hydrogens (tertiary/aromatic N) is 3. The number of hydrazone groups is 1. The smallest absolute Gasteiger partial charge is 0.233 e. The van der Waals surface area contributed by atoms with Gasteiger partial charge in [0.05, 0.1) is 0 Å². The summed E-state index contributed by atoms with van der Waals surface area (Å²) in [5.41, 5.74) is 4.95. The molecule has 0 radical (unpaired) electrons. The third-order valence-electron chi connectivity index (χ3n) is 3.27. The maximum absolute atomic E-state index is 9.94. The normalized spacial score (nSPS) is 10.8. The Labute approximate surface area is 172 Å². The third kappa shape index (κ3) is 10.7. The van der Waals surface area contributed by atoms with E-state index in [1.54, 1.807) is 12.1 Å². The summed E-state index contributed by atoms with van der Waals surface area (Å²) in [7, 11) is 0. The highest BCUT2D eigenvalue weighted by molar-refractivity contribution is 5.85.